The Hall–Kier alpha value is -1.38. The quantitative estimate of drug-likeness (QED) is 0.580. The van der Waals surface area contributed by atoms with E-state index in [0.29, 0.717) is 16.9 Å². The molecule has 52 valence electrons. The third-order valence-corrected chi connectivity index (χ3v) is 1.27. The molecule has 10 heavy (non-hydrogen) atoms. The monoisotopic (exact) mass is 136 g/mol. The van der Waals surface area contributed by atoms with Crippen LogP contribution in [0.2, 0.25) is 0 Å². The molecule has 0 fully saturated rings. The number of carbonyl (C=O) groups excluding carboxylic acids is 1. The molecular formula is C7H8N2O. The van der Waals surface area contributed by atoms with Crippen LogP contribution in [0.1, 0.15) is 16.1 Å². The van der Waals surface area contributed by atoms with Crippen LogP contribution < -0.4 is 5.73 Å². The second-order valence-corrected chi connectivity index (χ2v) is 2.06. The Bertz CT molecular complexity index is 258. The number of rotatable bonds is 1. The molecular weight excluding hydrogens is 128 g/mol. The molecule has 0 radical (unpaired) electrons. The van der Waals surface area contributed by atoms with Gasteiger partial charge in [0.25, 0.3) is 0 Å². The summed E-state index contributed by atoms with van der Waals surface area (Å²) in [7, 11) is 0. The van der Waals surface area contributed by atoms with E-state index in [-0.39, 0.29) is 0 Å². The summed E-state index contributed by atoms with van der Waals surface area (Å²) in [5, 5.41) is 0. The summed E-state index contributed by atoms with van der Waals surface area (Å²) >= 11 is 0. The predicted molar refractivity (Wildman–Crippen MR) is 38.8 cm³/mol. The van der Waals surface area contributed by atoms with Gasteiger partial charge in [0, 0.05) is 11.3 Å². The molecule has 3 heteroatoms. The van der Waals surface area contributed by atoms with Gasteiger partial charge in [0.1, 0.15) is 0 Å². The fourth-order valence-electron chi connectivity index (χ4n) is 0.686. The number of pyridine rings is 1. The van der Waals surface area contributed by atoms with Crippen LogP contribution in [0.5, 0.6) is 0 Å². The van der Waals surface area contributed by atoms with Gasteiger partial charge in [0.05, 0.1) is 11.9 Å². The van der Waals surface area contributed by atoms with Crippen LogP contribution in [0, 0.1) is 6.92 Å². The minimum Gasteiger partial charge on any atom is -0.397 e. The Labute approximate surface area is 58.9 Å². The highest BCUT2D eigenvalue weighted by atomic mass is 16.1. The number of nitrogen functional groups attached to an aromatic ring is 1. The number of aryl methyl sites for hydroxylation is 1. The highest BCUT2D eigenvalue weighted by Crippen LogP contribution is 2.05. The highest BCUT2D eigenvalue weighted by molar-refractivity contribution is 5.77. The predicted octanol–water partition coefficient (Wildman–Crippen LogP) is 0.785. The van der Waals surface area contributed by atoms with Crippen LogP contribution in [0.3, 0.4) is 0 Å². The van der Waals surface area contributed by atoms with Gasteiger partial charge in [-0.3, -0.25) is 9.78 Å². The fraction of sp³-hybridized carbons (Fsp3) is 0.143. The molecule has 0 amide bonds. The molecule has 0 aliphatic rings. The van der Waals surface area contributed by atoms with Gasteiger partial charge in [-0.15, -0.1) is 0 Å². The summed E-state index contributed by atoms with van der Waals surface area (Å²) in [6.07, 6.45) is 2.28. The molecule has 0 bridgehead atoms. The summed E-state index contributed by atoms with van der Waals surface area (Å²) in [6.45, 7) is 1.77. The maximum absolute atomic E-state index is 10.3. The summed E-state index contributed by atoms with van der Waals surface area (Å²) in [5.41, 5.74) is 7.17. The second kappa shape index (κ2) is 2.47. The topological polar surface area (TPSA) is 56.0 Å². The molecule has 1 rings (SSSR count). The summed E-state index contributed by atoms with van der Waals surface area (Å²) < 4.78 is 0. The second-order valence-electron chi connectivity index (χ2n) is 2.06. The number of nitrogens with two attached hydrogens (primary N) is 1. The van der Waals surface area contributed by atoms with E-state index in [2.05, 4.69) is 4.98 Å². The van der Waals surface area contributed by atoms with Crippen molar-refractivity contribution in [2.24, 2.45) is 0 Å². The Morgan fingerprint density at radius 2 is 2.40 bits per heavy atom. The van der Waals surface area contributed by atoms with Crippen molar-refractivity contribution in [1.82, 2.24) is 4.98 Å². The van der Waals surface area contributed by atoms with Crippen molar-refractivity contribution in [1.29, 1.82) is 0 Å². The molecule has 0 saturated carbocycles. The number of aromatic nitrogens is 1. The lowest BCUT2D eigenvalue weighted by atomic mass is 10.2. The van der Waals surface area contributed by atoms with E-state index in [9.17, 15) is 4.79 Å². The van der Waals surface area contributed by atoms with Crippen molar-refractivity contribution < 1.29 is 4.79 Å². The Morgan fingerprint density at radius 1 is 1.70 bits per heavy atom. The van der Waals surface area contributed by atoms with Gasteiger partial charge in [-0.25, -0.2) is 0 Å². The molecule has 0 aromatic carbocycles. The molecule has 0 atom stereocenters. The first kappa shape index (κ1) is 6.74. The van der Waals surface area contributed by atoms with Gasteiger partial charge in [-0.2, -0.15) is 0 Å². The lowest BCUT2D eigenvalue weighted by molar-refractivity contribution is 0.112. The number of carbonyl (C=O) groups is 1. The Morgan fingerprint density at radius 3 is 2.90 bits per heavy atom. The number of nitrogens with zero attached hydrogens (tertiary/aromatic N) is 1. The van der Waals surface area contributed by atoms with Gasteiger partial charge >= 0.3 is 0 Å². The van der Waals surface area contributed by atoms with Crippen LogP contribution in [0.15, 0.2) is 12.3 Å². The Kier molecular flexibility index (Phi) is 1.67. The van der Waals surface area contributed by atoms with Crippen molar-refractivity contribution in [3.8, 4) is 0 Å². The van der Waals surface area contributed by atoms with E-state index < -0.39 is 0 Å². The number of aldehydes is 1. The summed E-state index contributed by atoms with van der Waals surface area (Å²) in [5.74, 6) is 0. The van der Waals surface area contributed by atoms with Gasteiger partial charge in [-0.05, 0) is 13.0 Å². The molecule has 3 nitrogen and oxygen atoms in total. The van der Waals surface area contributed by atoms with E-state index >= 15 is 0 Å². The highest BCUT2D eigenvalue weighted by Gasteiger charge is 1.96. The molecule has 0 aliphatic heterocycles. The smallest absolute Gasteiger partial charge is 0.151 e. The van der Waals surface area contributed by atoms with Crippen molar-refractivity contribution >= 4 is 12.0 Å². The average molecular weight is 136 g/mol. The van der Waals surface area contributed by atoms with E-state index in [1.165, 1.54) is 6.20 Å². The minimum atomic E-state index is 0.521. The van der Waals surface area contributed by atoms with Gasteiger partial charge in [0.2, 0.25) is 0 Å². The van der Waals surface area contributed by atoms with E-state index in [0.717, 1.165) is 6.29 Å². The zero-order chi connectivity index (χ0) is 7.56. The van der Waals surface area contributed by atoms with E-state index in [1.807, 2.05) is 0 Å². The third kappa shape index (κ3) is 1.13. The summed E-state index contributed by atoms with van der Waals surface area (Å²) in [4.78, 5) is 14.2. The van der Waals surface area contributed by atoms with Crippen LogP contribution in [0.4, 0.5) is 5.69 Å². The number of hydrogen-bond acceptors (Lipinski definition) is 3. The first-order valence-corrected chi connectivity index (χ1v) is 2.91. The number of anilines is 1. The first-order valence-electron chi connectivity index (χ1n) is 2.91. The number of hydrogen-bond donors (Lipinski definition) is 1. The molecule has 1 heterocycles. The fourth-order valence-corrected chi connectivity index (χ4v) is 0.686. The van der Waals surface area contributed by atoms with E-state index in [4.69, 9.17) is 5.73 Å². The third-order valence-electron chi connectivity index (χ3n) is 1.27. The van der Waals surface area contributed by atoms with Crippen molar-refractivity contribution in [2.75, 3.05) is 5.73 Å². The van der Waals surface area contributed by atoms with Crippen LogP contribution in [0.25, 0.3) is 0 Å². The van der Waals surface area contributed by atoms with Crippen LogP contribution >= 0.6 is 0 Å². The zero-order valence-corrected chi connectivity index (χ0v) is 5.66. The average Bonchev–Trinajstić information content (AvgIpc) is 1.94. The molecule has 0 spiro atoms. The Balaban J connectivity index is 3.21. The molecule has 0 saturated heterocycles. The van der Waals surface area contributed by atoms with Crippen LogP contribution in [-0.4, -0.2) is 11.3 Å². The molecule has 1 aromatic rings. The van der Waals surface area contributed by atoms with Gasteiger partial charge in [-0.1, -0.05) is 0 Å². The van der Waals surface area contributed by atoms with Crippen molar-refractivity contribution in [2.45, 2.75) is 6.92 Å². The maximum Gasteiger partial charge on any atom is 0.151 e. The lowest BCUT2D eigenvalue weighted by Crippen LogP contribution is -1.93. The SMILES string of the molecule is Cc1ncc(N)cc1C=O. The maximum atomic E-state index is 10.3. The van der Waals surface area contributed by atoms with Gasteiger partial charge in [0.15, 0.2) is 6.29 Å². The van der Waals surface area contributed by atoms with Crippen molar-refractivity contribution in [3.63, 3.8) is 0 Å². The van der Waals surface area contributed by atoms with Gasteiger partial charge < -0.3 is 5.73 Å². The molecule has 1 aromatic heterocycles. The largest absolute Gasteiger partial charge is 0.397 e. The lowest BCUT2D eigenvalue weighted by Gasteiger charge is -1.96. The van der Waals surface area contributed by atoms with E-state index in [1.54, 1.807) is 13.0 Å². The molecule has 2 N–H and O–H groups in total. The zero-order valence-electron chi connectivity index (χ0n) is 5.66. The van der Waals surface area contributed by atoms with Crippen molar-refractivity contribution in [3.05, 3.63) is 23.5 Å². The normalized spacial score (nSPS) is 9.30. The first-order chi connectivity index (χ1) is 4.74. The summed E-state index contributed by atoms with van der Waals surface area (Å²) in [6, 6.07) is 1.61. The van der Waals surface area contributed by atoms with Crippen LogP contribution in [-0.2, 0) is 0 Å². The molecule has 0 unspecified atom stereocenters. The standard InChI is InChI=1S/C7H8N2O/c1-5-6(4-10)2-7(8)3-9-5/h2-4H,8H2,1H3. The molecule has 0 aliphatic carbocycles. The minimum absolute atomic E-state index is 0.521.